The molecule has 0 fully saturated rings. The molecule has 0 spiro atoms. The topological polar surface area (TPSA) is 39.2 Å². The number of esters is 1. The lowest BCUT2D eigenvalue weighted by Crippen LogP contribution is -2.19. The number of pyridine rings is 1. The number of aromatic nitrogens is 1. The molecule has 1 aromatic heterocycles. The van der Waals surface area contributed by atoms with E-state index in [9.17, 15) is 4.79 Å². The molecule has 18 heavy (non-hydrogen) atoms. The van der Waals surface area contributed by atoms with Crippen molar-refractivity contribution in [3.63, 3.8) is 0 Å². The summed E-state index contributed by atoms with van der Waals surface area (Å²) in [6, 6.07) is 4.09. The Morgan fingerprint density at radius 3 is 2.67 bits per heavy atom. The maximum Gasteiger partial charge on any atom is 0.309 e. The first kappa shape index (κ1) is 14.7. The van der Waals surface area contributed by atoms with Crippen LogP contribution in [0.25, 0.3) is 0 Å². The molecule has 0 saturated carbocycles. The number of unbranched alkanes of at least 4 members (excludes halogenated alkanes) is 1. The molecule has 0 bridgehead atoms. The summed E-state index contributed by atoms with van der Waals surface area (Å²) < 4.78 is 4.86. The van der Waals surface area contributed by atoms with Crippen LogP contribution in [0.3, 0.4) is 0 Å². The Hall–Kier alpha value is -1.38. The first-order chi connectivity index (χ1) is 8.71. The molecule has 0 aliphatic carbocycles. The molecule has 0 aliphatic rings. The zero-order chi connectivity index (χ0) is 13.4. The summed E-state index contributed by atoms with van der Waals surface area (Å²) in [6.07, 6.45) is 6.58. The van der Waals surface area contributed by atoms with Crippen LogP contribution in [-0.4, -0.2) is 18.1 Å². The molecule has 0 amide bonds. The number of methoxy groups -OCH3 is 1. The summed E-state index contributed by atoms with van der Waals surface area (Å²) in [5.41, 5.74) is 2.20. The van der Waals surface area contributed by atoms with E-state index in [1.54, 1.807) is 0 Å². The predicted octanol–water partition coefficient (Wildman–Crippen LogP) is 3.17. The largest absolute Gasteiger partial charge is 0.469 e. The fourth-order valence-corrected chi connectivity index (χ4v) is 1.96. The van der Waals surface area contributed by atoms with E-state index in [1.807, 2.05) is 12.3 Å². The molecular weight excluding hydrogens is 226 g/mol. The van der Waals surface area contributed by atoms with Crippen molar-refractivity contribution in [1.82, 2.24) is 4.98 Å². The third-order valence-electron chi connectivity index (χ3n) is 3.19. The molecule has 3 heteroatoms. The van der Waals surface area contributed by atoms with E-state index in [2.05, 4.69) is 24.9 Å². The zero-order valence-electron chi connectivity index (χ0n) is 11.6. The van der Waals surface area contributed by atoms with Crippen LogP contribution in [0.2, 0.25) is 0 Å². The standard InChI is InChI=1S/C15H23NO2/c1-4-6-7-13(15(17)18-3)10-14-9-8-12(5-2)11-16-14/h8-9,11,13H,4-7,10H2,1-3H3. The third kappa shape index (κ3) is 4.47. The van der Waals surface area contributed by atoms with Gasteiger partial charge in [0.15, 0.2) is 0 Å². The Kier molecular flexibility index (Phi) is 6.40. The van der Waals surface area contributed by atoms with Crippen LogP contribution in [0.15, 0.2) is 18.3 Å². The van der Waals surface area contributed by atoms with Gasteiger partial charge in [0, 0.05) is 18.3 Å². The van der Waals surface area contributed by atoms with Gasteiger partial charge in [0.2, 0.25) is 0 Å². The van der Waals surface area contributed by atoms with Gasteiger partial charge in [-0.1, -0.05) is 32.8 Å². The Balaban J connectivity index is 2.65. The highest BCUT2D eigenvalue weighted by atomic mass is 16.5. The maximum absolute atomic E-state index is 11.7. The van der Waals surface area contributed by atoms with Gasteiger partial charge in [0.05, 0.1) is 13.0 Å². The number of carbonyl (C=O) groups is 1. The second-order valence-corrected chi connectivity index (χ2v) is 4.58. The number of rotatable bonds is 7. The van der Waals surface area contributed by atoms with E-state index < -0.39 is 0 Å². The third-order valence-corrected chi connectivity index (χ3v) is 3.19. The molecule has 1 rings (SSSR count). The van der Waals surface area contributed by atoms with Gasteiger partial charge in [-0.25, -0.2) is 0 Å². The second kappa shape index (κ2) is 7.85. The van der Waals surface area contributed by atoms with Crippen molar-refractivity contribution in [2.24, 2.45) is 5.92 Å². The average molecular weight is 249 g/mol. The quantitative estimate of drug-likeness (QED) is 0.697. The molecule has 0 saturated heterocycles. The number of aryl methyl sites for hydroxylation is 1. The van der Waals surface area contributed by atoms with Crippen molar-refractivity contribution in [2.45, 2.75) is 46.0 Å². The van der Waals surface area contributed by atoms with Crippen LogP contribution in [0, 0.1) is 5.92 Å². The maximum atomic E-state index is 11.7. The molecule has 0 N–H and O–H groups in total. The lowest BCUT2D eigenvalue weighted by Gasteiger charge is -2.13. The van der Waals surface area contributed by atoms with Crippen LogP contribution in [0.4, 0.5) is 0 Å². The van der Waals surface area contributed by atoms with E-state index in [0.29, 0.717) is 6.42 Å². The van der Waals surface area contributed by atoms with Gasteiger partial charge < -0.3 is 4.74 Å². The first-order valence-electron chi connectivity index (χ1n) is 6.72. The van der Waals surface area contributed by atoms with Gasteiger partial charge in [-0.3, -0.25) is 9.78 Å². The molecule has 100 valence electrons. The molecular formula is C15H23NO2. The van der Waals surface area contributed by atoms with E-state index in [0.717, 1.165) is 31.4 Å². The van der Waals surface area contributed by atoms with Crippen molar-refractivity contribution < 1.29 is 9.53 Å². The SMILES string of the molecule is CCCCC(Cc1ccc(CC)cn1)C(=O)OC. The monoisotopic (exact) mass is 249 g/mol. The molecule has 1 heterocycles. The Morgan fingerprint density at radius 2 is 2.17 bits per heavy atom. The van der Waals surface area contributed by atoms with E-state index in [1.165, 1.54) is 12.7 Å². The Bertz CT molecular complexity index is 359. The summed E-state index contributed by atoms with van der Waals surface area (Å²) >= 11 is 0. The van der Waals surface area contributed by atoms with Crippen molar-refractivity contribution in [3.05, 3.63) is 29.6 Å². The number of ether oxygens (including phenoxy) is 1. The fourth-order valence-electron chi connectivity index (χ4n) is 1.96. The lowest BCUT2D eigenvalue weighted by atomic mass is 9.96. The highest BCUT2D eigenvalue weighted by Gasteiger charge is 2.19. The molecule has 1 aromatic rings. The average Bonchev–Trinajstić information content (AvgIpc) is 2.43. The Morgan fingerprint density at radius 1 is 1.39 bits per heavy atom. The number of nitrogens with zero attached hydrogens (tertiary/aromatic N) is 1. The number of hydrogen-bond donors (Lipinski definition) is 0. The minimum Gasteiger partial charge on any atom is -0.469 e. The van der Waals surface area contributed by atoms with Crippen LogP contribution >= 0.6 is 0 Å². The molecule has 0 aliphatic heterocycles. The molecule has 1 unspecified atom stereocenters. The van der Waals surface area contributed by atoms with Crippen molar-refractivity contribution in [2.75, 3.05) is 7.11 Å². The fraction of sp³-hybridized carbons (Fsp3) is 0.600. The smallest absolute Gasteiger partial charge is 0.309 e. The van der Waals surface area contributed by atoms with Crippen LogP contribution < -0.4 is 0 Å². The predicted molar refractivity (Wildman–Crippen MR) is 72.4 cm³/mol. The summed E-state index contributed by atoms with van der Waals surface area (Å²) in [4.78, 5) is 16.1. The van der Waals surface area contributed by atoms with Crippen molar-refractivity contribution in [1.29, 1.82) is 0 Å². The van der Waals surface area contributed by atoms with Gasteiger partial charge in [0.25, 0.3) is 0 Å². The Labute approximate surface area is 110 Å². The van der Waals surface area contributed by atoms with E-state index in [4.69, 9.17) is 4.74 Å². The lowest BCUT2D eigenvalue weighted by molar-refractivity contribution is -0.145. The summed E-state index contributed by atoms with van der Waals surface area (Å²) in [5.74, 6) is -0.181. The van der Waals surface area contributed by atoms with Gasteiger partial charge in [-0.2, -0.15) is 0 Å². The molecule has 0 radical (unpaired) electrons. The second-order valence-electron chi connectivity index (χ2n) is 4.58. The summed E-state index contributed by atoms with van der Waals surface area (Å²) in [7, 11) is 1.45. The highest BCUT2D eigenvalue weighted by Crippen LogP contribution is 2.16. The van der Waals surface area contributed by atoms with Gasteiger partial charge in [-0.15, -0.1) is 0 Å². The zero-order valence-corrected chi connectivity index (χ0v) is 11.6. The highest BCUT2D eigenvalue weighted by molar-refractivity contribution is 5.72. The van der Waals surface area contributed by atoms with Gasteiger partial charge in [-0.05, 0) is 24.5 Å². The van der Waals surface area contributed by atoms with Gasteiger partial charge >= 0.3 is 5.97 Å². The van der Waals surface area contributed by atoms with Crippen LogP contribution in [-0.2, 0) is 22.4 Å². The van der Waals surface area contributed by atoms with Gasteiger partial charge in [0.1, 0.15) is 0 Å². The number of carbonyl (C=O) groups excluding carboxylic acids is 1. The molecule has 0 aromatic carbocycles. The minimum atomic E-state index is -0.121. The summed E-state index contributed by atoms with van der Waals surface area (Å²) in [5, 5.41) is 0. The summed E-state index contributed by atoms with van der Waals surface area (Å²) in [6.45, 7) is 4.23. The van der Waals surface area contributed by atoms with Crippen LogP contribution in [0.5, 0.6) is 0 Å². The van der Waals surface area contributed by atoms with Crippen LogP contribution in [0.1, 0.15) is 44.4 Å². The van der Waals surface area contributed by atoms with Crippen molar-refractivity contribution >= 4 is 5.97 Å². The number of hydrogen-bond acceptors (Lipinski definition) is 3. The van der Waals surface area contributed by atoms with E-state index in [-0.39, 0.29) is 11.9 Å². The van der Waals surface area contributed by atoms with Crippen molar-refractivity contribution in [3.8, 4) is 0 Å². The molecule has 1 atom stereocenters. The van der Waals surface area contributed by atoms with E-state index >= 15 is 0 Å². The normalized spacial score (nSPS) is 12.2. The minimum absolute atomic E-state index is 0.0603. The first-order valence-corrected chi connectivity index (χ1v) is 6.72. The molecule has 3 nitrogen and oxygen atoms in total.